The number of unbranched alkanes of at least 4 members (excludes halogenated alkanes) is 15. The molecule has 11 heteroatoms. The molecule has 0 atom stereocenters. The number of halogens is 3. The Kier molecular flexibility index (Phi) is 26.1. The minimum atomic E-state index is -5.29. The van der Waals surface area contributed by atoms with Crippen LogP contribution in [0.3, 0.4) is 0 Å². The van der Waals surface area contributed by atoms with Crippen molar-refractivity contribution < 1.29 is 86.9 Å². The third kappa shape index (κ3) is 17.2. The van der Waals surface area contributed by atoms with Gasteiger partial charge in [-0.1, -0.05) is 147 Å². The Bertz CT molecular complexity index is 1440. The minimum Gasteiger partial charge on any atom is -0.506 e. The van der Waals surface area contributed by atoms with Crippen LogP contribution in [-0.2, 0) is 4.57 Å². The second-order valence-corrected chi connectivity index (χ2v) is 16.6. The van der Waals surface area contributed by atoms with Crippen LogP contribution in [0.2, 0.25) is 0 Å². The quantitative estimate of drug-likeness (QED) is 0.0355. The summed E-state index contributed by atoms with van der Waals surface area (Å²) in [6, 6.07) is 9.46. The molecule has 0 saturated heterocycles. The van der Waals surface area contributed by atoms with Crippen LogP contribution in [-0.4, -0.2) is 41.0 Å². The summed E-state index contributed by atoms with van der Waals surface area (Å²) >= 11 is 0. The molecule has 1 heterocycles. The molecule has 50 heavy (non-hydrogen) atoms. The number of hydrogen-bond donors (Lipinski definition) is 1. The number of Topliss-reactive ketones (excluding diaryl/α,β-unsaturated/α-hetero) is 1. The second-order valence-electron chi connectivity index (χ2n) is 13.1. The van der Waals surface area contributed by atoms with Crippen molar-refractivity contribution in [2.45, 2.75) is 143 Å². The maximum atomic E-state index is 13.5. The molecule has 3 rings (SSSR count). The standard InChI is InChI=1S/C24H51OP.C15H7F3O4.Eu.H2O/c1-4-7-10-13-16-19-22-26(25,23-20-17-14-11-8-5-2)24-21-18-15-12-9-6-3;16-15(17,18)13(20)11-12(19)10-8-4-2-1-3-7(8)5-6-9(10)22-14(11)21;;/h4-24H2,1-3H3;1-6,19H;;1H2. The molecule has 0 aliphatic heterocycles. The van der Waals surface area contributed by atoms with Gasteiger partial charge in [0.25, 0.3) is 5.78 Å². The monoisotopic (exact) mass is 865 g/mol. The van der Waals surface area contributed by atoms with Crippen LogP contribution in [0.1, 0.15) is 147 Å². The van der Waals surface area contributed by atoms with E-state index in [1.807, 2.05) is 0 Å². The normalized spacial score (nSPS) is 11.5. The van der Waals surface area contributed by atoms with Gasteiger partial charge in [-0.15, -0.1) is 0 Å². The molecule has 0 aliphatic carbocycles. The van der Waals surface area contributed by atoms with Gasteiger partial charge in [-0.3, -0.25) is 4.79 Å². The van der Waals surface area contributed by atoms with Crippen molar-refractivity contribution in [1.29, 1.82) is 0 Å². The first-order chi connectivity index (χ1) is 23.0. The van der Waals surface area contributed by atoms with Crippen molar-refractivity contribution in [3.8, 4) is 5.75 Å². The SMILES string of the molecule is CCCCCCCCP(=O)(CCCCCCCC)CCCCCCCC.O.O=C(c1c(O)c2c(ccc3ccccc32)oc1=O)C(F)(F)F.[Eu]. The fourth-order valence-electron chi connectivity index (χ4n) is 6.17. The van der Waals surface area contributed by atoms with Crippen LogP contribution in [0.15, 0.2) is 45.6 Å². The molecule has 0 unspecified atom stereocenters. The fourth-order valence-corrected chi connectivity index (χ4v) is 9.24. The van der Waals surface area contributed by atoms with Crippen molar-refractivity contribution in [3.05, 3.63) is 52.4 Å². The number of benzene rings is 2. The summed E-state index contributed by atoms with van der Waals surface area (Å²) in [5.74, 6) is -3.46. The Morgan fingerprint density at radius 3 is 1.56 bits per heavy atom. The Labute approximate surface area is 338 Å². The number of rotatable bonds is 22. The van der Waals surface area contributed by atoms with Crippen molar-refractivity contribution in [3.63, 3.8) is 0 Å². The zero-order valence-corrected chi connectivity index (χ0v) is 33.7. The van der Waals surface area contributed by atoms with E-state index in [1.165, 1.54) is 122 Å². The van der Waals surface area contributed by atoms with Crippen LogP contribution in [0.25, 0.3) is 21.7 Å². The maximum Gasteiger partial charge on any atom is 0.455 e. The van der Waals surface area contributed by atoms with Gasteiger partial charge in [-0.05, 0) is 36.1 Å². The van der Waals surface area contributed by atoms with Gasteiger partial charge in [-0.25, -0.2) is 4.79 Å². The van der Waals surface area contributed by atoms with Gasteiger partial charge >= 0.3 is 11.8 Å². The topological polar surface area (TPSA) is 116 Å². The van der Waals surface area contributed by atoms with Gasteiger partial charge in [0.15, 0.2) is 5.56 Å². The van der Waals surface area contributed by atoms with Crippen molar-refractivity contribution >= 4 is 34.7 Å². The molecule has 0 aliphatic rings. The van der Waals surface area contributed by atoms with Gasteiger partial charge in [0.1, 0.15) is 11.3 Å². The fraction of sp³-hybridized carbons (Fsp3) is 0.641. The summed E-state index contributed by atoms with van der Waals surface area (Å²) in [6.07, 6.45) is 21.6. The average Bonchev–Trinajstić information content (AvgIpc) is 3.05. The van der Waals surface area contributed by atoms with Gasteiger partial charge < -0.3 is 19.6 Å². The molecule has 0 bridgehead atoms. The first-order valence-electron chi connectivity index (χ1n) is 18.3. The molecule has 0 saturated carbocycles. The summed E-state index contributed by atoms with van der Waals surface area (Å²) in [7, 11) is -1.89. The number of fused-ring (bicyclic) bond motifs is 3. The zero-order valence-electron chi connectivity index (χ0n) is 30.4. The number of ketones is 1. The summed E-state index contributed by atoms with van der Waals surface area (Å²) < 4.78 is 55.9. The summed E-state index contributed by atoms with van der Waals surface area (Å²) in [4.78, 5) is 23.0. The Balaban J connectivity index is 0.000000930. The van der Waals surface area contributed by atoms with E-state index >= 15 is 0 Å². The van der Waals surface area contributed by atoms with E-state index < -0.39 is 36.0 Å². The smallest absolute Gasteiger partial charge is 0.455 e. The van der Waals surface area contributed by atoms with E-state index in [1.54, 1.807) is 30.3 Å². The molecule has 0 fully saturated rings. The minimum absolute atomic E-state index is 0. The Morgan fingerprint density at radius 1 is 0.700 bits per heavy atom. The van der Waals surface area contributed by atoms with Gasteiger partial charge in [0, 0.05) is 67.9 Å². The maximum absolute atomic E-state index is 13.5. The molecule has 6 nitrogen and oxygen atoms in total. The van der Waals surface area contributed by atoms with Crippen molar-refractivity contribution in [2.75, 3.05) is 18.5 Å². The zero-order chi connectivity index (χ0) is 35.4. The molecule has 3 aromatic rings. The van der Waals surface area contributed by atoms with Crippen LogP contribution in [0.5, 0.6) is 5.75 Å². The first kappa shape index (κ1) is 48.9. The van der Waals surface area contributed by atoms with E-state index in [-0.39, 0.29) is 65.8 Å². The van der Waals surface area contributed by atoms with E-state index in [9.17, 15) is 32.4 Å². The van der Waals surface area contributed by atoms with Gasteiger partial charge in [0.05, 0.1) is 12.5 Å². The summed E-state index contributed by atoms with van der Waals surface area (Å²) in [5.41, 5.74) is -3.03. The van der Waals surface area contributed by atoms with Gasteiger partial charge in [-0.2, -0.15) is 13.2 Å². The Hall–Kier alpha value is -1.06. The Morgan fingerprint density at radius 2 is 1.12 bits per heavy atom. The second kappa shape index (κ2) is 26.7. The van der Waals surface area contributed by atoms with Crippen LogP contribution in [0, 0.1) is 49.4 Å². The number of aromatic hydroxyl groups is 1. The predicted molar refractivity (Wildman–Crippen MR) is 198 cm³/mol. The molecule has 285 valence electrons. The largest absolute Gasteiger partial charge is 0.506 e. The van der Waals surface area contributed by atoms with Crippen LogP contribution >= 0.6 is 7.14 Å². The molecular weight excluding hydrogens is 804 g/mol. The first-order valence-corrected chi connectivity index (χ1v) is 20.6. The third-order valence-electron chi connectivity index (χ3n) is 9.01. The van der Waals surface area contributed by atoms with E-state index in [0.29, 0.717) is 10.8 Å². The van der Waals surface area contributed by atoms with E-state index in [4.69, 9.17) is 4.42 Å². The molecule has 1 aromatic heterocycles. The molecule has 0 amide bonds. The average molecular weight is 865 g/mol. The summed E-state index contributed by atoms with van der Waals surface area (Å²) in [5, 5.41) is 11.0. The molecule has 2 aromatic carbocycles. The van der Waals surface area contributed by atoms with Crippen molar-refractivity contribution in [2.24, 2.45) is 0 Å². The predicted octanol–water partition coefficient (Wildman–Crippen LogP) is 12.0. The van der Waals surface area contributed by atoms with E-state index in [2.05, 4.69) is 20.8 Å². The number of hydrogen-bond acceptors (Lipinski definition) is 5. The van der Waals surface area contributed by atoms with Gasteiger partial charge in [0.2, 0.25) is 0 Å². The summed E-state index contributed by atoms with van der Waals surface area (Å²) in [6.45, 7) is 6.82. The number of carbonyl (C=O) groups excluding carboxylic acids is 1. The number of alkyl halides is 3. The molecule has 1 radical (unpaired) electrons. The van der Waals surface area contributed by atoms with Crippen LogP contribution in [0.4, 0.5) is 13.2 Å². The molecule has 3 N–H and O–H groups in total. The van der Waals surface area contributed by atoms with E-state index in [0.717, 1.165) is 18.5 Å². The third-order valence-corrected chi connectivity index (χ3v) is 12.4. The molecule has 0 spiro atoms. The van der Waals surface area contributed by atoms with Crippen molar-refractivity contribution in [1.82, 2.24) is 0 Å². The van der Waals surface area contributed by atoms with Crippen LogP contribution < -0.4 is 5.63 Å². The molecular formula is C39H60EuF3O6P. The number of carbonyl (C=O) groups is 1.